The molecule has 1 aliphatic rings. The van der Waals surface area contributed by atoms with Gasteiger partial charge in [0, 0.05) is 17.2 Å². The van der Waals surface area contributed by atoms with Crippen LogP contribution in [0.1, 0.15) is 16.8 Å². The van der Waals surface area contributed by atoms with Gasteiger partial charge in [-0.25, -0.2) is 4.79 Å². The van der Waals surface area contributed by atoms with Gasteiger partial charge < -0.3 is 4.74 Å². The first-order valence-corrected chi connectivity index (χ1v) is 6.21. The molecule has 0 aliphatic heterocycles. The van der Waals surface area contributed by atoms with E-state index in [1.54, 1.807) is 24.3 Å². The zero-order valence-electron chi connectivity index (χ0n) is 10.9. The van der Waals surface area contributed by atoms with Gasteiger partial charge in [-0.15, -0.1) is 0 Å². The topological polar surface area (TPSA) is 43.4 Å². The number of rotatable bonds is 4. The van der Waals surface area contributed by atoms with Gasteiger partial charge in [-0.1, -0.05) is 55.1 Å². The molecule has 0 radical (unpaired) electrons. The first kappa shape index (κ1) is 13.7. The normalized spacial score (nSPS) is 15.6. The van der Waals surface area contributed by atoms with Gasteiger partial charge in [-0.3, -0.25) is 4.79 Å². The summed E-state index contributed by atoms with van der Waals surface area (Å²) in [6, 6.07) is 9.11. The van der Waals surface area contributed by atoms with Gasteiger partial charge in [0.25, 0.3) is 0 Å². The van der Waals surface area contributed by atoms with Crippen molar-refractivity contribution in [1.29, 1.82) is 0 Å². The van der Waals surface area contributed by atoms with E-state index in [0.29, 0.717) is 17.6 Å². The van der Waals surface area contributed by atoms with E-state index in [1.165, 1.54) is 6.26 Å². The Morgan fingerprint density at radius 1 is 1.15 bits per heavy atom. The third kappa shape index (κ3) is 3.42. The Kier molecular flexibility index (Phi) is 4.45. The minimum atomic E-state index is -0.499. The summed E-state index contributed by atoms with van der Waals surface area (Å²) in [5.41, 5.74) is 2.13. The quantitative estimate of drug-likeness (QED) is 0.363. The predicted octanol–water partition coefficient (Wildman–Crippen LogP) is 3.37. The fourth-order valence-corrected chi connectivity index (χ4v) is 1.75. The van der Waals surface area contributed by atoms with Crippen molar-refractivity contribution in [3.05, 3.63) is 84.2 Å². The fourth-order valence-electron chi connectivity index (χ4n) is 1.75. The van der Waals surface area contributed by atoms with E-state index in [-0.39, 0.29) is 5.78 Å². The maximum atomic E-state index is 12.2. The van der Waals surface area contributed by atoms with Gasteiger partial charge in [0.15, 0.2) is 5.78 Å². The number of carbonyl (C=O) groups excluding carboxylic acids is 2. The van der Waals surface area contributed by atoms with Crippen molar-refractivity contribution in [2.75, 3.05) is 0 Å². The molecule has 20 heavy (non-hydrogen) atoms. The molecule has 0 heterocycles. The standard InChI is InChI=1S/C17H14O3/c1-2-16(18)20-12-13-8-10-15(11-9-13)17(19)14-6-4-3-5-7-14/h2-8,10-12H,1,9H2. The van der Waals surface area contributed by atoms with E-state index in [4.69, 9.17) is 4.74 Å². The number of Topliss-reactive ketones (excluding diaryl/α,β-unsaturated/α-hetero) is 1. The van der Waals surface area contributed by atoms with Gasteiger partial charge in [0.1, 0.15) is 0 Å². The molecule has 0 unspecified atom stereocenters. The average Bonchev–Trinajstić information content (AvgIpc) is 2.53. The SMILES string of the molecule is C=CC(=O)OC=C1C=CC(C(=O)c2ccccc2)=CC1. The van der Waals surface area contributed by atoms with Crippen LogP contribution in [-0.4, -0.2) is 11.8 Å². The van der Waals surface area contributed by atoms with Crippen LogP contribution >= 0.6 is 0 Å². The zero-order chi connectivity index (χ0) is 14.4. The van der Waals surface area contributed by atoms with Crippen LogP contribution in [0.25, 0.3) is 0 Å². The highest BCUT2D eigenvalue weighted by atomic mass is 16.5. The summed E-state index contributed by atoms with van der Waals surface area (Å²) in [5.74, 6) is -0.509. The second kappa shape index (κ2) is 6.48. The van der Waals surface area contributed by atoms with Gasteiger partial charge in [-0.05, 0) is 12.0 Å². The summed E-state index contributed by atoms with van der Waals surface area (Å²) in [6.07, 6.45) is 8.35. The predicted molar refractivity (Wildman–Crippen MR) is 77.0 cm³/mol. The summed E-state index contributed by atoms with van der Waals surface area (Å²) in [7, 11) is 0. The second-order valence-corrected chi connectivity index (χ2v) is 4.23. The zero-order valence-corrected chi connectivity index (χ0v) is 10.9. The molecule has 3 heteroatoms. The maximum absolute atomic E-state index is 12.2. The highest BCUT2D eigenvalue weighted by molar-refractivity contribution is 6.10. The van der Waals surface area contributed by atoms with Crippen LogP contribution in [0.3, 0.4) is 0 Å². The molecule has 0 N–H and O–H groups in total. The third-order valence-corrected chi connectivity index (χ3v) is 2.83. The Morgan fingerprint density at radius 3 is 2.50 bits per heavy atom. The molecule has 0 fully saturated rings. The molecular weight excluding hydrogens is 252 g/mol. The Bertz CT molecular complexity index is 619. The molecule has 0 saturated heterocycles. The maximum Gasteiger partial charge on any atom is 0.334 e. The van der Waals surface area contributed by atoms with Crippen LogP contribution in [0, 0.1) is 0 Å². The number of ether oxygens (including phenoxy) is 1. The molecule has 1 aromatic carbocycles. The van der Waals surface area contributed by atoms with E-state index in [2.05, 4.69) is 6.58 Å². The van der Waals surface area contributed by atoms with Crippen molar-refractivity contribution >= 4 is 11.8 Å². The molecule has 1 aromatic rings. The van der Waals surface area contributed by atoms with Gasteiger partial charge in [0.05, 0.1) is 6.26 Å². The number of hydrogen-bond donors (Lipinski definition) is 0. The van der Waals surface area contributed by atoms with Crippen molar-refractivity contribution in [1.82, 2.24) is 0 Å². The summed E-state index contributed by atoms with van der Waals surface area (Å²) < 4.78 is 4.83. The van der Waals surface area contributed by atoms with Crippen molar-refractivity contribution in [2.24, 2.45) is 0 Å². The minimum Gasteiger partial charge on any atom is -0.431 e. The highest BCUT2D eigenvalue weighted by Gasteiger charge is 2.12. The first-order chi connectivity index (χ1) is 9.70. The average molecular weight is 266 g/mol. The van der Waals surface area contributed by atoms with Crippen molar-refractivity contribution in [3.63, 3.8) is 0 Å². The number of carbonyl (C=O) groups is 2. The smallest absolute Gasteiger partial charge is 0.334 e. The Balaban J connectivity index is 2.04. The Morgan fingerprint density at radius 2 is 1.90 bits per heavy atom. The van der Waals surface area contributed by atoms with Crippen molar-refractivity contribution in [2.45, 2.75) is 6.42 Å². The van der Waals surface area contributed by atoms with E-state index in [0.717, 1.165) is 11.6 Å². The molecule has 3 nitrogen and oxygen atoms in total. The largest absolute Gasteiger partial charge is 0.431 e. The molecule has 0 spiro atoms. The van der Waals surface area contributed by atoms with E-state index in [1.807, 2.05) is 24.3 Å². The third-order valence-electron chi connectivity index (χ3n) is 2.83. The molecule has 0 saturated carbocycles. The van der Waals surface area contributed by atoms with E-state index < -0.39 is 5.97 Å². The van der Waals surface area contributed by atoms with Crippen LogP contribution in [0.2, 0.25) is 0 Å². The molecule has 0 bridgehead atoms. The lowest BCUT2D eigenvalue weighted by Crippen LogP contribution is -2.04. The molecule has 100 valence electrons. The summed E-state index contributed by atoms with van der Waals surface area (Å²) in [4.78, 5) is 23.1. The molecule has 2 rings (SSSR count). The summed E-state index contributed by atoms with van der Waals surface area (Å²) >= 11 is 0. The lowest BCUT2D eigenvalue weighted by Gasteiger charge is -2.08. The monoisotopic (exact) mass is 266 g/mol. The second-order valence-electron chi connectivity index (χ2n) is 4.23. The number of benzene rings is 1. The molecule has 0 amide bonds. The Hall–Kier alpha value is -2.68. The van der Waals surface area contributed by atoms with Crippen LogP contribution in [0.4, 0.5) is 0 Å². The first-order valence-electron chi connectivity index (χ1n) is 6.21. The lowest BCUT2D eigenvalue weighted by molar-refractivity contribution is -0.132. The number of allylic oxidation sites excluding steroid dienone is 5. The van der Waals surface area contributed by atoms with Crippen molar-refractivity contribution in [3.8, 4) is 0 Å². The van der Waals surface area contributed by atoms with E-state index in [9.17, 15) is 9.59 Å². The van der Waals surface area contributed by atoms with Crippen LogP contribution in [0.15, 0.2) is 78.6 Å². The summed E-state index contributed by atoms with van der Waals surface area (Å²) in [6.45, 7) is 3.31. The number of ketones is 1. The Labute approximate surface area is 117 Å². The fraction of sp³-hybridized carbons (Fsp3) is 0.0588. The minimum absolute atomic E-state index is 0.0102. The van der Waals surface area contributed by atoms with Crippen LogP contribution < -0.4 is 0 Å². The van der Waals surface area contributed by atoms with Crippen molar-refractivity contribution < 1.29 is 14.3 Å². The number of hydrogen-bond acceptors (Lipinski definition) is 3. The van der Waals surface area contributed by atoms with Gasteiger partial charge in [0.2, 0.25) is 0 Å². The molecule has 1 aliphatic carbocycles. The van der Waals surface area contributed by atoms with E-state index >= 15 is 0 Å². The lowest BCUT2D eigenvalue weighted by atomic mass is 9.96. The van der Waals surface area contributed by atoms with Crippen LogP contribution in [0.5, 0.6) is 0 Å². The molecule has 0 atom stereocenters. The molecule has 0 aromatic heterocycles. The van der Waals surface area contributed by atoms with Gasteiger partial charge in [-0.2, -0.15) is 0 Å². The molecular formula is C17H14O3. The number of esters is 1. The summed E-state index contributed by atoms with van der Waals surface area (Å²) in [5, 5.41) is 0. The highest BCUT2D eigenvalue weighted by Crippen LogP contribution is 2.19. The van der Waals surface area contributed by atoms with Gasteiger partial charge >= 0.3 is 5.97 Å². The van der Waals surface area contributed by atoms with Crippen LogP contribution in [-0.2, 0) is 9.53 Å².